The lowest BCUT2D eigenvalue weighted by Crippen LogP contribution is -2.51. The second kappa shape index (κ2) is 10.0. The molecule has 0 spiro atoms. The summed E-state index contributed by atoms with van der Waals surface area (Å²) in [5, 5.41) is 1.09. The fourth-order valence-corrected chi connectivity index (χ4v) is 11.7. The zero-order chi connectivity index (χ0) is 19.8. The lowest BCUT2D eigenvalue weighted by atomic mass is 10.2. The summed E-state index contributed by atoms with van der Waals surface area (Å²) in [4.78, 5) is 0. The first kappa shape index (κ1) is 21.6. The van der Waals surface area contributed by atoms with Gasteiger partial charge in [0.15, 0.2) is 0 Å². The number of rotatable bonds is 10. The summed E-state index contributed by atoms with van der Waals surface area (Å²) in [5.74, 6) is 0. The standard InChI is InChI=1S/C22H30O3SSi/c1-3-5-17-27(18-6-4-2,21-15-11-8-12-16-21)22(26(23,24)25)19-20-13-9-7-10-14-20/h7-16,19H,3-6,17-18H2,1-2H3,(H,23,24,25). The van der Waals surface area contributed by atoms with Gasteiger partial charge in [0.1, 0.15) is 8.07 Å². The van der Waals surface area contributed by atoms with Crippen LogP contribution in [0.4, 0.5) is 0 Å². The normalized spacial score (nSPS) is 12.9. The van der Waals surface area contributed by atoms with Crippen LogP contribution in [0.15, 0.2) is 65.2 Å². The zero-order valence-corrected chi connectivity index (χ0v) is 18.1. The Bertz CT molecular complexity index is 822. The maximum absolute atomic E-state index is 12.6. The molecule has 1 N–H and O–H groups in total. The van der Waals surface area contributed by atoms with E-state index in [1.807, 2.05) is 60.7 Å². The largest absolute Gasteiger partial charge is 0.287 e. The average molecular weight is 403 g/mol. The Labute approximate surface area is 164 Å². The Balaban J connectivity index is 2.74. The summed E-state index contributed by atoms with van der Waals surface area (Å²) in [6, 6.07) is 21.1. The van der Waals surface area contributed by atoms with Crippen LogP contribution in [0, 0.1) is 0 Å². The Kier molecular flexibility index (Phi) is 8.02. The van der Waals surface area contributed by atoms with E-state index in [-0.39, 0.29) is 4.53 Å². The van der Waals surface area contributed by atoms with Gasteiger partial charge in [-0.25, -0.2) is 0 Å². The van der Waals surface area contributed by atoms with Gasteiger partial charge in [0, 0.05) is 0 Å². The van der Waals surface area contributed by atoms with Crippen molar-refractivity contribution in [2.75, 3.05) is 0 Å². The smallest absolute Gasteiger partial charge is 0.282 e. The highest BCUT2D eigenvalue weighted by atomic mass is 32.2. The molecule has 0 unspecified atom stereocenters. The topological polar surface area (TPSA) is 54.4 Å². The van der Waals surface area contributed by atoms with Gasteiger partial charge in [-0.1, -0.05) is 105 Å². The molecule has 0 saturated heterocycles. The third-order valence-corrected chi connectivity index (χ3v) is 12.6. The maximum atomic E-state index is 12.6. The van der Waals surface area contributed by atoms with Gasteiger partial charge in [-0.3, -0.25) is 4.55 Å². The molecule has 0 aliphatic heterocycles. The van der Waals surface area contributed by atoms with Gasteiger partial charge in [-0.2, -0.15) is 8.42 Å². The molecule has 0 heterocycles. The van der Waals surface area contributed by atoms with Gasteiger partial charge in [0.2, 0.25) is 0 Å². The van der Waals surface area contributed by atoms with Crippen molar-refractivity contribution in [2.24, 2.45) is 0 Å². The van der Waals surface area contributed by atoms with E-state index in [4.69, 9.17) is 0 Å². The minimum Gasteiger partial charge on any atom is -0.282 e. The predicted octanol–water partition coefficient (Wildman–Crippen LogP) is 5.41. The third kappa shape index (κ3) is 5.64. The van der Waals surface area contributed by atoms with Crippen molar-refractivity contribution >= 4 is 29.5 Å². The van der Waals surface area contributed by atoms with Crippen molar-refractivity contribution in [1.82, 2.24) is 0 Å². The Hall–Kier alpha value is -1.69. The molecular formula is C22H30O3SSi. The van der Waals surface area contributed by atoms with Crippen LogP contribution in [0.3, 0.4) is 0 Å². The molecule has 0 radical (unpaired) electrons. The van der Waals surface area contributed by atoms with Crippen LogP contribution < -0.4 is 5.19 Å². The van der Waals surface area contributed by atoms with Crippen LogP contribution in [0.25, 0.3) is 6.08 Å². The second-order valence-corrected chi connectivity index (χ2v) is 13.1. The molecule has 5 heteroatoms. The van der Waals surface area contributed by atoms with Gasteiger partial charge in [0.25, 0.3) is 10.1 Å². The van der Waals surface area contributed by atoms with Crippen LogP contribution >= 0.6 is 0 Å². The molecule has 146 valence electrons. The number of unbranched alkanes of at least 4 members (excludes halogenated alkanes) is 2. The van der Waals surface area contributed by atoms with Crippen molar-refractivity contribution < 1.29 is 13.0 Å². The fourth-order valence-electron chi connectivity index (χ4n) is 3.68. The molecule has 0 aliphatic rings. The lowest BCUT2D eigenvalue weighted by molar-refractivity contribution is 0.493. The Morgan fingerprint density at radius 1 is 0.889 bits per heavy atom. The van der Waals surface area contributed by atoms with Gasteiger partial charge in [-0.05, 0) is 23.7 Å². The summed E-state index contributed by atoms with van der Waals surface area (Å²) < 4.78 is 35.7. The number of hydrogen-bond donors (Lipinski definition) is 1. The minimum atomic E-state index is -4.31. The van der Waals surface area contributed by atoms with Crippen LogP contribution in [-0.2, 0) is 10.1 Å². The van der Waals surface area contributed by atoms with E-state index in [2.05, 4.69) is 13.8 Å². The lowest BCUT2D eigenvalue weighted by Gasteiger charge is -2.33. The van der Waals surface area contributed by atoms with E-state index in [0.717, 1.165) is 48.5 Å². The molecule has 2 aromatic rings. The van der Waals surface area contributed by atoms with E-state index in [9.17, 15) is 13.0 Å². The van der Waals surface area contributed by atoms with E-state index < -0.39 is 18.2 Å². The first-order chi connectivity index (χ1) is 12.9. The average Bonchev–Trinajstić information content (AvgIpc) is 2.68. The zero-order valence-electron chi connectivity index (χ0n) is 16.3. The second-order valence-electron chi connectivity index (χ2n) is 7.05. The summed E-state index contributed by atoms with van der Waals surface area (Å²) in [5.41, 5.74) is 0.811. The molecule has 3 nitrogen and oxygen atoms in total. The highest BCUT2D eigenvalue weighted by molar-refractivity contribution is 7.93. The van der Waals surface area contributed by atoms with Gasteiger partial charge in [-0.15, -0.1) is 0 Å². The van der Waals surface area contributed by atoms with Crippen LogP contribution in [0.5, 0.6) is 0 Å². The van der Waals surface area contributed by atoms with Gasteiger partial charge >= 0.3 is 0 Å². The molecular weight excluding hydrogens is 372 g/mol. The maximum Gasteiger partial charge on any atom is 0.287 e. The molecule has 0 saturated carbocycles. The number of hydrogen-bond acceptors (Lipinski definition) is 2. The molecule has 0 bridgehead atoms. The predicted molar refractivity (Wildman–Crippen MR) is 117 cm³/mol. The fraction of sp³-hybridized carbons (Fsp3) is 0.364. The first-order valence-corrected chi connectivity index (χ1v) is 13.6. The molecule has 0 aromatic heterocycles. The summed E-state index contributed by atoms with van der Waals surface area (Å²) in [6.07, 6.45) is 5.61. The summed E-state index contributed by atoms with van der Waals surface area (Å²) >= 11 is 0. The Morgan fingerprint density at radius 3 is 1.81 bits per heavy atom. The Morgan fingerprint density at radius 2 is 1.37 bits per heavy atom. The van der Waals surface area contributed by atoms with Crippen molar-refractivity contribution in [3.8, 4) is 0 Å². The van der Waals surface area contributed by atoms with Crippen molar-refractivity contribution in [3.05, 3.63) is 70.8 Å². The first-order valence-electron chi connectivity index (χ1n) is 9.74. The van der Waals surface area contributed by atoms with Crippen molar-refractivity contribution in [2.45, 2.75) is 51.6 Å². The highest BCUT2D eigenvalue weighted by Crippen LogP contribution is 2.33. The van der Waals surface area contributed by atoms with E-state index in [0.29, 0.717) is 0 Å². The van der Waals surface area contributed by atoms with Crippen molar-refractivity contribution in [1.29, 1.82) is 0 Å². The van der Waals surface area contributed by atoms with Gasteiger partial charge < -0.3 is 0 Å². The third-order valence-electron chi connectivity index (χ3n) is 5.09. The molecule has 2 rings (SSSR count). The van der Waals surface area contributed by atoms with E-state index in [1.54, 1.807) is 6.08 Å². The van der Waals surface area contributed by atoms with E-state index in [1.165, 1.54) is 0 Å². The number of benzene rings is 2. The minimum absolute atomic E-state index is 0.245. The monoisotopic (exact) mass is 402 g/mol. The quantitative estimate of drug-likeness (QED) is 0.427. The molecule has 0 amide bonds. The van der Waals surface area contributed by atoms with Crippen molar-refractivity contribution in [3.63, 3.8) is 0 Å². The van der Waals surface area contributed by atoms with Crippen LogP contribution in [0.2, 0.25) is 12.1 Å². The summed E-state index contributed by atoms with van der Waals surface area (Å²) in [7, 11) is -6.94. The van der Waals surface area contributed by atoms with Gasteiger partial charge in [0.05, 0.1) is 4.53 Å². The molecule has 0 atom stereocenters. The van der Waals surface area contributed by atoms with Crippen LogP contribution in [-0.4, -0.2) is 21.0 Å². The molecule has 2 aromatic carbocycles. The summed E-state index contributed by atoms with van der Waals surface area (Å²) in [6.45, 7) is 4.25. The molecule has 27 heavy (non-hydrogen) atoms. The SMILES string of the molecule is CCCC[Si](CCCC)(C(=Cc1ccccc1)S(=O)(=O)O)c1ccccc1. The van der Waals surface area contributed by atoms with E-state index >= 15 is 0 Å². The molecule has 0 fully saturated rings. The van der Waals surface area contributed by atoms with Crippen LogP contribution in [0.1, 0.15) is 45.1 Å². The highest BCUT2D eigenvalue weighted by Gasteiger charge is 2.43. The molecule has 0 aliphatic carbocycles.